The van der Waals surface area contributed by atoms with Gasteiger partial charge in [0.05, 0.1) is 18.8 Å². The number of ketones is 1. The van der Waals surface area contributed by atoms with Gasteiger partial charge in [-0.2, -0.15) is 0 Å². The summed E-state index contributed by atoms with van der Waals surface area (Å²) in [5, 5.41) is 18.7. The van der Waals surface area contributed by atoms with Gasteiger partial charge in [-0.1, -0.05) is 25.5 Å². The Morgan fingerprint density at radius 1 is 0.951 bits per heavy atom. The SMILES string of the molecule is CCCc1c2c(cc(C(C)=O)c1OCCCOc1cccc3c1CCCC3)CCC(CCC(=O)O)(CCC(=O)O)O2. The van der Waals surface area contributed by atoms with E-state index in [9.17, 15) is 24.6 Å². The Kier molecular flexibility index (Phi) is 10.3. The first-order valence-electron chi connectivity index (χ1n) is 14.9. The molecule has 0 saturated heterocycles. The average molecular weight is 567 g/mol. The molecule has 0 amide bonds. The van der Waals surface area contributed by atoms with Gasteiger partial charge in [0.15, 0.2) is 5.78 Å². The van der Waals surface area contributed by atoms with Crippen molar-refractivity contribution < 1.29 is 38.8 Å². The second-order valence-corrected chi connectivity index (χ2v) is 11.3. The minimum Gasteiger partial charge on any atom is -0.493 e. The van der Waals surface area contributed by atoms with Crippen molar-refractivity contribution in [3.05, 3.63) is 52.1 Å². The summed E-state index contributed by atoms with van der Waals surface area (Å²) in [6.45, 7) is 4.41. The molecule has 0 unspecified atom stereocenters. The first-order chi connectivity index (χ1) is 19.7. The number of rotatable bonds is 15. The lowest BCUT2D eigenvalue weighted by molar-refractivity contribution is -0.139. The molecule has 1 aliphatic heterocycles. The van der Waals surface area contributed by atoms with Crippen molar-refractivity contribution in [2.45, 2.75) is 103 Å². The van der Waals surface area contributed by atoms with Crippen molar-refractivity contribution in [3.8, 4) is 17.2 Å². The van der Waals surface area contributed by atoms with Gasteiger partial charge in [-0.3, -0.25) is 14.4 Å². The largest absolute Gasteiger partial charge is 0.493 e. The number of carbonyl (C=O) groups excluding carboxylic acids is 1. The zero-order chi connectivity index (χ0) is 29.4. The van der Waals surface area contributed by atoms with Crippen LogP contribution in [0.25, 0.3) is 0 Å². The van der Waals surface area contributed by atoms with E-state index >= 15 is 0 Å². The van der Waals surface area contributed by atoms with Crippen molar-refractivity contribution in [1.82, 2.24) is 0 Å². The van der Waals surface area contributed by atoms with Crippen LogP contribution < -0.4 is 14.2 Å². The summed E-state index contributed by atoms with van der Waals surface area (Å²) in [5.74, 6) is 0.0677. The zero-order valence-electron chi connectivity index (χ0n) is 24.3. The highest BCUT2D eigenvalue weighted by Crippen LogP contribution is 2.46. The number of ether oxygens (including phenoxy) is 3. The fourth-order valence-electron chi connectivity index (χ4n) is 6.05. The molecule has 2 aromatic carbocycles. The monoisotopic (exact) mass is 566 g/mol. The van der Waals surface area contributed by atoms with Crippen molar-refractivity contribution in [3.63, 3.8) is 0 Å². The van der Waals surface area contributed by atoms with Crippen molar-refractivity contribution in [2.75, 3.05) is 13.2 Å². The lowest BCUT2D eigenvalue weighted by Gasteiger charge is -2.40. The minimum absolute atomic E-state index is 0.0964. The van der Waals surface area contributed by atoms with Gasteiger partial charge >= 0.3 is 11.9 Å². The van der Waals surface area contributed by atoms with Crippen LogP contribution >= 0.6 is 0 Å². The second-order valence-electron chi connectivity index (χ2n) is 11.3. The Morgan fingerprint density at radius 3 is 2.34 bits per heavy atom. The Bertz CT molecular complexity index is 1250. The normalized spacial score (nSPS) is 15.3. The fraction of sp³-hybridized carbons (Fsp3) is 0.545. The van der Waals surface area contributed by atoms with Crippen LogP contribution in [0.3, 0.4) is 0 Å². The number of aliphatic carboxylic acids is 2. The Hall–Kier alpha value is -3.55. The molecule has 0 fully saturated rings. The van der Waals surface area contributed by atoms with Crippen molar-refractivity contribution in [2.24, 2.45) is 0 Å². The molecule has 222 valence electrons. The van der Waals surface area contributed by atoms with Crippen LogP contribution in [0.1, 0.15) is 104 Å². The Labute approximate surface area is 242 Å². The maximum absolute atomic E-state index is 12.7. The van der Waals surface area contributed by atoms with Gasteiger partial charge in [0.1, 0.15) is 22.8 Å². The van der Waals surface area contributed by atoms with E-state index < -0.39 is 17.5 Å². The fourth-order valence-corrected chi connectivity index (χ4v) is 6.05. The van der Waals surface area contributed by atoms with Gasteiger partial charge < -0.3 is 24.4 Å². The van der Waals surface area contributed by atoms with Gasteiger partial charge in [-0.05, 0) is 93.5 Å². The first-order valence-corrected chi connectivity index (χ1v) is 14.9. The molecule has 4 rings (SSSR count). The molecule has 41 heavy (non-hydrogen) atoms. The summed E-state index contributed by atoms with van der Waals surface area (Å²) in [4.78, 5) is 35.5. The molecular weight excluding hydrogens is 524 g/mol. The van der Waals surface area contributed by atoms with E-state index in [1.54, 1.807) is 0 Å². The molecule has 0 radical (unpaired) electrons. The predicted octanol–water partition coefficient (Wildman–Crippen LogP) is 6.36. The summed E-state index contributed by atoms with van der Waals surface area (Å²) in [5.41, 5.74) is 3.97. The van der Waals surface area contributed by atoms with Crippen LogP contribution in [-0.4, -0.2) is 46.7 Å². The van der Waals surface area contributed by atoms with E-state index in [1.807, 2.05) is 25.1 Å². The highest BCUT2D eigenvalue weighted by atomic mass is 16.5. The minimum atomic E-state index is -0.947. The van der Waals surface area contributed by atoms with Crippen LogP contribution in [0.15, 0.2) is 24.3 Å². The summed E-state index contributed by atoms with van der Waals surface area (Å²) < 4.78 is 19.0. The predicted molar refractivity (Wildman–Crippen MR) is 155 cm³/mol. The van der Waals surface area contributed by atoms with Crippen LogP contribution in [0.2, 0.25) is 0 Å². The summed E-state index contributed by atoms with van der Waals surface area (Å²) >= 11 is 0. The Morgan fingerprint density at radius 2 is 1.66 bits per heavy atom. The zero-order valence-corrected chi connectivity index (χ0v) is 24.3. The highest BCUT2D eigenvalue weighted by molar-refractivity contribution is 5.98. The summed E-state index contributed by atoms with van der Waals surface area (Å²) in [6, 6.07) is 8.09. The van der Waals surface area contributed by atoms with Crippen LogP contribution in [0.5, 0.6) is 17.2 Å². The van der Waals surface area contributed by atoms with E-state index in [4.69, 9.17) is 14.2 Å². The molecule has 8 nitrogen and oxygen atoms in total. The van der Waals surface area contributed by atoms with E-state index in [1.165, 1.54) is 30.9 Å². The molecule has 2 N–H and O–H groups in total. The topological polar surface area (TPSA) is 119 Å². The maximum atomic E-state index is 12.7. The second kappa shape index (κ2) is 13.9. The molecule has 8 heteroatoms. The lowest BCUT2D eigenvalue weighted by Crippen LogP contribution is -2.41. The average Bonchev–Trinajstić information content (AvgIpc) is 2.95. The number of Topliss-reactive ketones (excluding diaryl/α,β-unsaturated/α-hetero) is 1. The number of benzene rings is 2. The van der Waals surface area contributed by atoms with E-state index in [0.29, 0.717) is 56.0 Å². The van der Waals surface area contributed by atoms with Crippen LogP contribution in [0.4, 0.5) is 0 Å². The lowest BCUT2D eigenvalue weighted by atomic mass is 9.82. The third-order valence-electron chi connectivity index (χ3n) is 8.19. The van der Waals surface area contributed by atoms with Crippen LogP contribution in [0, 0.1) is 0 Å². The molecule has 2 aliphatic rings. The van der Waals surface area contributed by atoms with E-state index in [-0.39, 0.29) is 31.5 Å². The maximum Gasteiger partial charge on any atom is 0.303 e. The van der Waals surface area contributed by atoms with Crippen molar-refractivity contribution >= 4 is 17.7 Å². The number of carboxylic acids is 2. The number of aryl methyl sites for hydroxylation is 2. The number of fused-ring (bicyclic) bond motifs is 2. The summed E-state index contributed by atoms with van der Waals surface area (Å²) in [6.07, 6.45) is 7.82. The smallest absolute Gasteiger partial charge is 0.303 e. The third kappa shape index (κ3) is 7.60. The molecule has 2 aromatic rings. The summed E-state index contributed by atoms with van der Waals surface area (Å²) in [7, 11) is 0. The molecule has 0 saturated carbocycles. The van der Waals surface area contributed by atoms with E-state index in [0.717, 1.165) is 36.1 Å². The molecule has 0 aromatic heterocycles. The highest BCUT2D eigenvalue weighted by Gasteiger charge is 2.39. The standard InChI is InChI=1S/C33H42O8/c1-3-8-26-31-24(13-16-33(41-31,17-14-29(35)36)18-15-30(37)38)21-27(22(2)34)32(26)40-20-7-19-39-28-12-6-10-23-9-4-5-11-25(23)28/h6,10,12,21H,3-5,7-9,11,13-20H2,1-2H3,(H,35,36)(H,37,38). The number of carboxylic acid groups (broad SMARTS) is 2. The van der Waals surface area contributed by atoms with E-state index in [2.05, 4.69) is 6.07 Å². The third-order valence-corrected chi connectivity index (χ3v) is 8.19. The molecule has 0 spiro atoms. The number of hydrogen-bond acceptors (Lipinski definition) is 6. The van der Waals surface area contributed by atoms with Gasteiger partial charge in [-0.25, -0.2) is 0 Å². The van der Waals surface area contributed by atoms with Crippen LogP contribution in [-0.2, 0) is 35.3 Å². The number of carbonyl (C=O) groups is 3. The molecule has 0 atom stereocenters. The van der Waals surface area contributed by atoms with Gasteiger partial charge in [-0.15, -0.1) is 0 Å². The Balaban J connectivity index is 1.53. The molecular formula is C33H42O8. The first kappa shape index (κ1) is 30.4. The number of hydrogen-bond donors (Lipinski definition) is 2. The quantitative estimate of drug-likeness (QED) is 0.189. The molecule has 1 heterocycles. The molecule has 1 aliphatic carbocycles. The molecule has 0 bridgehead atoms. The van der Waals surface area contributed by atoms with Gasteiger partial charge in [0.25, 0.3) is 0 Å². The van der Waals surface area contributed by atoms with Crippen molar-refractivity contribution in [1.29, 1.82) is 0 Å². The van der Waals surface area contributed by atoms with Gasteiger partial charge in [0, 0.05) is 24.8 Å². The van der Waals surface area contributed by atoms with Gasteiger partial charge in [0.2, 0.25) is 0 Å².